The second-order valence-corrected chi connectivity index (χ2v) is 6.86. The Morgan fingerprint density at radius 2 is 1.33 bits per heavy atom. The third-order valence-corrected chi connectivity index (χ3v) is 5.27. The van der Waals surface area contributed by atoms with Gasteiger partial charge in [0.2, 0.25) is 0 Å². The Balaban J connectivity index is 1.90. The number of carbonyl (C=O) groups excluding carboxylic acids is 1. The molecule has 1 fully saturated rings. The van der Waals surface area contributed by atoms with Crippen LogP contribution in [0.25, 0.3) is 0 Å². The molecule has 1 aliphatic rings. The van der Waals surface area contributed by atoms with Crippen molar-refractivity contribution in [2.75, 3.05) is 13.2 Å². The smallest absolute Gasteiger partial charge is 0.310 e. The fourth-order valence-electron chi connectivity index (χ4n) is 4.01. The maximum absolute atomic E-state index is 12.8. The Kier molecular flexibility index (Phi) is 6.24. The lowest BCUT2D eigenvalue weighted by Crippen LogP contribution is -2.51. The van der Waals surface area contributed by atoms with E-state index in [1.807, 2.05) is 60.7 Å². The van der Waals surface area contributed by atoms with Gasteiger partial charge in [-0.25, -0.2) is 0 Å². The predicted octanol–water partition coefficient (Wildman–Crippen LogP) is 3.20. The number of hydrogen-bond acceptors (Lipinski definition) is 4. The van der Waals surface area contributed by atoms with Crippen LogP contribution >= 0.6 is 0 Å². The molecule has 0 aromatic heterocycles. The van der Waals surface area contributed by atoms with Crippen molar-refractivity contribution in [3.05, 3.63) is 71.8 Å². The predicted molar refractivity (Wildman–Crippen MR) is 100 cm³/mol. The summed E-state index contributed by atoms with van der Waals surface area (Å²) in [4.78, 5) is 24.9. The molecule has 142 valence electrons. The summed E-state index contributed by atoms with van der Waals surface area (Å²) in [5.41, 5.74) is 1.68. The van der Waals surface area contributed by atoms with E-state index in [0.29, 0.717) is 12.8 Å². The minimum absolute atomic E-state index is 0.0569. The molecule has 2 atom stereocenters. The van der Waals surface area contributed by atoms with Crippen LogP contribution in [0, 0.1) is 11.8 Å². The van der Waals surface area contributed by atoms with Crippen LogP contribution in [0.2, 0.25) is 0 Å². The van der Waals surface area contributed by atoms with Crippen LogP contribution < -0.4 is 0 Å². The molecule has 2 aromatic carbocycles. The van der Waals surface area contributed by atoms with Crippen LogP contribution in [0.5, 0.6) is 0 Å². The van der Waals surface area contributed by atoms with Crippen molar-refractivity contribution in [1.82, 2.24) is 0 Å². The number of esters is 1. The van der Waals surface area contributed by atoms with Gasteiger partial charge in [-0.2, -0.15) is 0 Å². The second-order valence-electron chi connectivity index (χ2n) is 6.86. The molecule has 2 N–H and O–H groups in total. The van der Waals surface area contributed by atoms with Crippen molar-refractivity contribution >= 4 is 11.9 Å². The molecule has 0 aliphatic heterocycles. The van der Waals surface area contributed by atoms with Gasteiger partial charge in [-0.3, -0.25) is 9.59 Å². The molecule has 1 saturated carbocycles. The molecular weight excluding hydrogens is 344 g/mol. The maximum Gasteiger partial charge on any atom is 0.310 e. The average molecular weight is 368 g/mol. The first-order chi connectivity index (χ1) is 13.1. The van der Waals surface area contributed by atoms with Crippen LogP contribution in [0.15, 0.2) is 60.7 Å². The maximum atomic E-state index is 12.8. The molecule has 2 aromatic rings. The number of ether oxygens (including phenoxy) is 1. The van der Waals surface area contributed by atoms with Crippen LogP contribution in [0.3, 0.4) is 0 Å². The largest absolute Gasteiger partial charge is 0.481 e. The third kappa shape index (κ3) is 4.03. The lowest BCUT2D eigenvalue weighted by molar-refractivity contribution is -0.164. The molecule has 1 aliphatic carbocycles. The third-order valence-electron chi connectivity index (χ3n) is 5.27. The summed E-state index contributed by atoms with van der Waals surface area (Å²) in [5.74, 6) is -3.32. The zero-order valence-corrected chi connectivity index (χ0v) is 15.0. The summed E-state index contributed by atoms with van der Waals surface area (Å²) < 4.78 is 5.44. The van der Waals surface area contributed by atoms with Gasteiger partial charge in [0.05, 0.1) is 18.4 Å². The molecule has 0 unspecified atom stereocenters. The first-order valence-corrected chi connectivity index (χ1v) is 9.25. The summed E-state index contributed by atoms with van der Waals surface area (Å²) >= 11 is 0. The Morgan fingerprint density at radius 1 is 0.815 bits per heavy atom. The summed E-state index contributed by atoms with van der Waals surface area (Å²) in [6.45, 7) is 0.290. The number of aliphatic hydroxyl groups excluding tert-OH is 1. The molecule has 27 heavy (non-hydrogen) atoms. The number of unbranched alkanes of at least 4 members (excludes halogenated alkanes) is 1. The minimum Gasteiger partial charge on any atom is -0.481 e. The monoisotopic (exact) mass is 368 g/mol. The molecule has 0 bridgehead atoms. The summed E-state index contributed by atoms with van der Waals surface area (Å²) in [5, 5.41) is 18.7. The lowest BCUT2D eigenvalue weighted by Gasteiger charge is -2.49. The average Bonchev–Trinajstić information content (AvgIpc) is 2.66. The molecule has 0 heterocycles. The van der Waals surface area contributed by atoms with Gasteiger partial charge in [0.15, 0.2) is 0 Å². The summed E-state index contributed by atoms with van der Waals surface area (Å²) in [6.07, 6.45) is 1.16. The summed E-state index contributed by atoms with van der Waals surface area (Å²) in [7, 11) is 0. The van der Waals surface area contributed by atoms with E-state index >= 15 is 0 Å². The van der Waals surface area contributed by atoms with Gasteiger partial charge in [0.25, 0.3) is 0 Å². The Hall–Kier alpha value is -2.66. The molecule has 0 amide bonds. The van der Waals surface area contributed by atoms with Crippen molar-refractivity contribution in [1.29, 1.82) is 0 Å². The number of benzene rings is 2. The van der Waals surface area contributed by atoms with Gasteiger partial charge >= 0.3 is 11.9 Å². The van der Waals surface area contributed by atoms with Crippen LogP contribution in [-0.4, -0.2) is 35.4 Å². The normalized spacial score (nSPS) is 24.0. The Labute approximate surface area is 158 Å². The molecule has 0 radical (unpaired) electrons. The van der Waals surface area contributed by atoms with Gasteiger partial charge in [0, 0.05) is 18.4 Å². The van der Waals surface area contributed by atoms with Gasteiger partial charge in [0.1, 0.15) is 0 Å². The fraction of sp³-hybridized carbons (Fsp3) is 0.364. The van der Waals surface area contributed by atoms with E-state index in [1.54, 1.807) is 0 Å². The van der Waals surface area contributed by atoms with Gasteiger partial charge in [-0.15, -0.1) is 0 Å². The highest BCUT2D eigenvalue weighted by atomic mass is 16.5. The van der Waals surface area contributed by atoms with E-state index in [2.05, 4.69) is 0 Å². The summed E-state index contributed by atoms with van der Waals surface area (Å²) in [6, 6.07) is 18.6. The number of aliphatic carboxylic acids is 1. The molecule has 0 spiro atoms. The number of hydrogen-bond donors (Lipinski definition) is 2. The van der Waals surface area contributed by atoms with E-state index in [4.69, 9.17) is 9.84 Å². The van der Waals surface area contributed by atoms with E-state index in [9.17, 15) is 14.7 Å². The van der Waals surface area contributed by atoms with Crippen LogP contribution in [0.4, 0.5) is 0 Å². The standard InChI is InChI=1S/C22H24O5/c23-13-7-8-14-27-22(26)20-17(15-9-3-1-4-10-15)19(21(24)25)18(20)16-11-5-2-6-12-16/h1-6,9-12,17-20,23H,7-8,13-14H2,(H,24,25)/t17-,18-,19?,20?/m0/s1. The highest BCUT2D eigenvalue weighted by molar-refractivity contribution is 5.84. The number of carboxylic acids is 1. The molecule has 0 saturated heterocycles. The Bertz CT molecular complexity index is 711. The SMILES string of the molecule is O=C(O)C1[C@H](c2ccccc2)C(C(=O)OCCCCO)[C@H]1c1ccccc1. The van der Waals surface area contributed by atoms with Crippen molar-refractivity contribution in [2.24, 2.45) is 11.8 Å². The highest BCUT2D eigenvalue weighted by Gasteiger charge is 2.59. The first-order valence-electron chi connectivity index (χ1n) is 9.25. The van der Waals surface area contributed by atoms with Crippen molar-refractivity contribution < 1.29 is 24.5 Å². The Morgan fingerprint density at radius 3 is 1.78 bits per heavy atom. The highest BCUT2D eigenvalue weighted by Crippen LogP contribution is 2.58. The molecule has 3 rings (SSSR count). The van der Waals surface area contributed by atoms with E-state index in [-0.39, 0.29) is 19.2 Å². The second kappa shape index (κ2) is 8.82. The number of carboxylic acid groups (broad SMARTS) is 1. The quantitative estimate of drug-likeness (QED) is 0.552. The molecule has 5 nitrogen and oxygen atoms in total. The van der Waals surface area contributed by atoms with E-state index < -0.39 is 29.6 Å². The van der Waals surface area contributed by atoms with E-state index in [1.165, 1.54) is 0 Å². The van der Waals surface area contributed by atoms with Crippen LogP contribution in [-0.2, 0) is 14.3 Å². The van der Waals surface area contributed by atoms with Crippen molar-refractivity contribution in [3.63, 3.8) is 0 Å². The van der Waals surface area contributed by atoms with Crippen LogP contribution in [0.1, 0.15) is 35.8 Å². The first kappa shape index (κ1) is 19.1. The van der Waals surface area contributed by atoms with E-state index in [0.717, 1.165) is 11.1 Å². The molecular formula is C22H24O5. The van der Waals surface area contributed by atoms with Gasteiger partial charge in [-0.05, 0) is 24.0 Å². The zero-order chi connectivity index (χ0) is 19.2. The number of aliphatic hydroxyl groups is 1. The topological polar surface area (TPSA) is 83.8 Å². The zero-order valence-electron chi connectivity index (χ0n) is 15.0. The van der Waals surface area contributed by atoms with Gasteiger partial charge < -0.3 is 14.9 Å². The van der Waals surface area contributed by atoms with Crippen molar-refractivity contribution in [3.8, 4) is 0 Å². The van der Waals surface area contributed by atoms with Crippen molar-refractivity contribution in [2.45, 2.75) is 24.7 Å². The fourth-order valence-corrected chi connectivity index (χ4v) is 4.01. The number of carbonyl (C=O) groups is 2. The molecule has 5 heteroatoms. The van der Waals surface area contributed by atoms with Gasteiger partial charge in [-0.1, -0.05) is 60.7 Å². The minimum atomic E-state index is -0.901. The lowest BCUT2D eigenvalue weighted by atomic mass is 9.52. The number of rotatable bonds is 8.